The minimum Gasteiger partial charge on any atom is -0.463 e. The highest BCUT2D eigenvalue weighted by Gasteiger charge is 2.56. The molecule has 5 atom stereocenters. The molecule has 1 aromatic carbocycles. The van der Waals surface area contributed by atoms with E-state index >= 15 is 0 Å². The Labute approximate surface area is 203 Å². The SMILES string of the molecule is CCCC1=C2C(c3cccc(/C=C/C(=O)OCC)c3)CC3(C)C(O)CCC3C2CC/C1=C/C=O. The summed E-state index contributed by atoms with van der Waals surface area (Å²) in [6.45, 7) is 6.66. The lowest BCUT2D eigenvalue weighted by Crippen LogP contribution is -2.44. The molecule has 2 fully saturated rings. The molecule has 0 spiro atoms. The molecule has 1 aromatic rings. The quantitative estimate of drug-likeness (QED) is 0.299. The maximum atomic E-state index is 11.8. The highest BCUT2D eigenvalue weighted by Crippen LogP contribution is 2.63. The number of carbonyl (C=O) groups is 2. The van der Waals surface area contributed by atoms with Gasteiger partial charge >= 0.3 is 5.97 Å². The summed E-state index contributed by atoms with van der Waals surface area (Å²) in [5.41, 5.74) is 6.19. The van der Waals surface area contributed by atoms with E-state index in [9.17, 15) is 14.7 Å². The molecule has 2 saturated carbocycles. The van der Waals surface area contributed by atoms with Gasteiger partial charge in [-0.25, -0.2) is 4.79 Å². The lowest BCUT2D eigenvalue weighted by molar-refractivity contribution is -0.137. The van der Waals surface area contributed by atoms with Crippen LogP contribution in [0.3, 0.4) is 0 Å². The molecular weight excluding hydrogens is 424 g/mol. The van der Waals surface area contributed by atoms with E-state index in [1.165, 1.54) is 28.4 Å². The molecule has 5 unspecified atom stereocenters. The summed E-state index contributed by atoms with van der Waals surface area (Å²) in [5.74, 6) is 0.807. The van der Waals surface area contributed by atoms with Gasteiger partial charge in [0.2, 0.25) is 0 Å². The monoisotopic (exact) mass is 462 g/mol. The van der Waals surface area contributed by atoms with Gasteiger partial charge in [0.05, 0.1) is 12.7 Å². The molecule has 4 heteroatoms. The van der Waals surface area contributed by atoms with E-state index in [0.29, 0.717) is 18.4 Å². The number of aldehydes is 1. The second-order valence-corrected chi connectivity index (χ2v) is 10.4. The van der Waals surface area contributed by atoms with Crippen molar-refractivity contribution in [3.05, 3.63) is 64.3 Å². The Kier molecular flexibility index (Phi) is 7.57. The van der Waals surface area contributed by atoms with Crippen LogP contribution in [0.25, 0.3) is 6.08 Å². The van der Waals surface area contributed by atoms with Gasteiger partial charge in [-0.05, 0) is 97.1 Å². The number of hydrogen-bond acceptors (Lipinski definition) is 4. The Morgan fingerprint density at radius 1 is 1.24 bits per heavy atom. The number of aliphatic hydroxyl groups excluding tert-OH is 1. The van der Waals surface area contributed by atoms with Gasteiger partial charge in [-0.1, -0.05) is 50.1 Å². The number of fused-ring (bicyclic) bond motifs is 3. The molecule has 4 nitrogen and oxygen atoms in total. The topological polar surface area (TPSA) is 63.6 Å². The van der Waals surface area contributed by atoms with Crippen LogP contribution in [0.15, 0.2) is 53.1 Å². The Bertz CT molecular complexity index is 1020. The van der Waals surface area contributed by atoms with Crippen molar-refractivity contribution in [1.82, 2.24) is 0 Å². The normalized spacial score (nSPS) is 32.1. The Balaban J connectivity index is 1.81. The Morgan fingerprint density at radius 2 is 2.06 bits per heavy atom. The highest BCUT2D eigenvalue weighted by atomic mass is 16.5. The third-order valence-corrected chi connectivity index (χ3v) is 8.51. The summed E-state index contributed by atoms with van der Waals surface area (Å²) in [6.07, 6.45) is 12.6. The fourth-order valence-electron chi connectivity index (χ4n) is 7.01. The average Bonchev–Trinajstić information content (AvgIpc) is 3.13. The van der Waals surface area contributed by atoms with E-state index in [0.717, 1.165) is 56.8 Å². The Hall–Kier alpha value is -2.46. The fourth-order valence-corrected chi connectivity index (χ4v) is 7.01. The number of hydrogen-bond donors (Lipinski definition) is 1. The van der Waals surface area contributed by atoms with Crippen LogP contribution in [0.4, 0.5) is 0 Å². The first-order valence-electron chi connectivity index (χ1n) is 12.9. The lowest BCUT2D eigenvalue weighted by Gasteiger charge is -2.51. The van der Waals surface area contributed by atoms with Crippen LogP contribution in [0.2, 0.25) is 0 Å². The zero-order valence-corrected chi connectivity index (χ0v) is 20.8. The summed E-state index contributed by atoms with van der Waals surface area (Å²) in [6, 6.07) is 8.42. The molecule has 3 aliphatic carbocycles. The number of carbonyl (C=O) groups excluding carboxylic acids is 2. The van der Waals surface area contributed by atoms with Gasteiger partial charge in [-0.15, -0.1) is 0 Å². The number of allylic oxidation sites excluding steroid dienone is 4. The van der Waals surface area contributed by atoms with Crippen molar-refractivity contribution in [1.29, 1.82) is 0 Å². The molecule has 0 radical (unpaired) electrons. The molecular formula is C30H38O4. The number of rotatable bonds is 7. The number of benzene rings is 1. The maximum Gasteiger partial charge on any atom is 0.330 e. The predicted molar refractivity (Wildman–Crippen MR) is 135 cm³/mol. The molecule has 0 amide bonds. The minimum absolute atomic E-state index is 0.0984. The van der Waals surface area contributed by atoms with Crippen LogP contribution in [-0.2, 0) is 14.3 Å². The number of aliphatic hydroxyl groups is 1. The van der Waals surface area contributed by atoms with E-state index in [-0.39, 0.29) is 23.4 Å². The zero-order valence-electron chi connectivity index (χ0n) is 20.8. The molecule has 4 rings (SSSR count). The first-order valence-corrected chi connectivity index (χ1v) is 12.9. The van der Waals surface area contributed by atoms with Crippen molar-refractivity contribution in [3.63, 3.8) is 0 Å². The van der Waals surface area contributed by atoms with Crippen LogP contribution in [0.5, 0.6) is 0 Å². The average molecular weight is 463 g/mol. The molecule has 3 aliphatic rings. The van der Waals surface area contributed by atoms with Gasteiger partial charge in [0, 0.05) is 12.0 Å². The van der Waals surface area contributed by atoms with Crippen molar-refractivity contribution in [3.8, 4) is 0 Å². The molecule has 1 N–H and O–H groups in total. The van der Waals surface area contributed by atoms with Gasteiger partial charge in [-0.3, -0.25) is 4.79 Å². The van der Waals surface area contributed by atoms with Gasteiger partial charge in [0.25, 0.3) is 0 Å². The van der Waals surface area contributed by atoms with Crippen molar-refractivity contribution in [2.24, 2.45) is 17.3 Å². The van der Waals surface area contributed by atoms with Crippen LogP contribution in [-0.4, -0.2) is 30.1 Å². The smallest absolute Gasteiger partial charge is 0.330 e. The first kappa shape index (κ1) is 24.7. The number of ether oxygens (including phenoxy) is 1. The first-order chi connectivity index (χ1) is 16.4. The zero-order chi connectivity index (χ0) is 24.3. The minimum atomic E-state index is -0.334. The highest BCUT2D eigenvalue weighted by molar-refractivity contribution is 5.87. The van der Waals surface area contributed by atoms with E-state index < -0.39 is 0 Å². The van der Waals surface area contributed by atoms with E-state index in [4.69, 9.17) is 4.74 Å². The van der Waals surface area contributed by atoms with Crippen molar-refractivity contribution >= 4 is 18.3 Å². The summed E-state index contributed by atoms with van der Waals surface area (Å²) in [7, 11) is 0. The van der Waals surface area contributed by atoms with Crippen LogP contribution < -0.4 is 0 Å². The lowest BCUT2D eigenvalue weighted by atomic mass is 9.53. The molecule has 34 heavy (non-hydrogen) atoms. The van der Waals surface area contributed by atoms with E-state index in [1.54, 1.807) is 13.0 Å². The van der Waals surface area contributed by atoms with Gasteiger partial charge in [-0.2, -0.15) is 0 Å². The Morgan fingerprint density at radius 3 is 2.79 bits per heavy atom. The van der Waals surface area contributed by atoms with Gasteiger partial charge in [0.15, 0.2) is 0 Å². The maximum absolute atomic E-state index is 11.8. The third-order valence-electron chi connectivity index (χ3n) is 8.51. The van der Waals surface area contributed by atoms with Gasteiger partial charge < -0.3 is 9.84 Å². The summed E-state index contributed by atoms with van der Waals surface area (Å²) in [4.78, 5) is 23.3. The summed E-state index contributed by atoms with van der Waals surface area (Å²) >= 11 is 0. The second-order valence-electron chi connectivity index (χ2n) is 10.4. The number of esters is 1. The van der Waals surface area contributed by atoms with Crippen molar-refractivity contribution < 1.29 is 19.4 Å². The third kappa shape index (κ3) is 4.57. The van der Waals surface area contributed by atoms with Crippen LogP contribution in [0.1, 0.15) is 82.8 Å². The van der Waals surface area contributed by atoms with E-state index in [2.05, 4.69) is 32.0 Å². The standard InChI is InChI=1S/C30H38O4/c1-4-7-23-21(16-17-31)11-12-24-26-13-14-27(32)30(26,3)19-25(29(23)24)22-9-6-8-20(18-22)10-15-28(33)34-5-2/h6,8-10,15-18,24-27,32H,4-5,7,11-14,19H2,1-3H3/b15-10+,21-16-. The summed E-state index contributed by atoms with van der Waals surface area (Å²) in [5, 5.41) is 11.1. The molecule has 0 aliphatic heterocycles. The largest absolute Gasteiger partial charge is 0.463 e. The van der Waals surface area contributed by atoms with E-state index in [1.807, 2.05) is 12.1 Å². The molecule has 0 aromatic heterocycles. The molecule has 0 heterocycles. The predicted octanol–water partition coefficient (Wildman–Crippen LogP) is 6.16. The second kappa shape index (κ2) is 10.4. The molecule has 0 saturated heterocycles. The fraction of sp³-hybridized carbons (Fsp3) is 0.533. The summed E-state index contributed by atoms with van der Waals surface area (Å²) < 4.78 is 5.03. The van der Waals surface area contributed by atoms with Crippen LogP contribution >= 0.6 is 0 Å². The molecule has 0 bridgehead atoms. The van der Waals surface area contributed by atoms with Crippen molar-refractivity contribution in [2.45, 2.75) is 77.7 Å². The van der Waals surface area contributed by atoms with Crippen molar-refractivity contribution in [2.75, 3.05) is 6.61 Å². The van der Waals surface area contributed by atoms with Gasteiger partial charge in [0.1, 0.15) is 6.29 Å². The van der Waals surface area contributed by atoms with Crippen LogP contribution in [0, 0.1) is 17.3 Å². The molecule has 182 valence electrons.